The number of aryl methyl sites for hydroxylation is 1. The van der Waals surface area contributed by atoms with Crippen LogP contribution in [0, 0.1) is 0 Å². The lowest BCUT2D eigenvalue weighted by Crippen LogP contribution is -1.96. The van der Waals surface area contributed by atoms with Gasteiger partial charge in [0.1, 0.15) is 6.33 Å². The molecule has 15 heavy (non-hydrogen) atoms. The van der Waals surface area contributed by atoms with Crippen LogP contribution in [-0.4, -0.2) is 19.7 Å². The molecule has 0 spiro atoms. The second kappa shape index (κ2) is 4.87. The summed E-state index contributed by atoms with van der Waals surface area (Å²) in [5.41, 5.74) is 1.97. The third-order valence-corrected chi connectivity index (χ3v) is 2.11. The minimum atomic E-state index is 0.412. The molecule has 0 saturated carbocycles. The molecule has 82 valence electrons. The molecule has 2 aromatic heterocycles. The van der Waals surface area contributed by atoms with Crippen LogP contribution in [-0.2, 0) is 7.05 Å². The Morgan fingerprint density at radius 2 is 1.87 bits per heavy atom. The van der Waals surface area contributed by atoms with E-state index in [4.69, 9.17) is 0 Å². The fraction of sp³-hybridized carbons (Fsp3) is 0.545. The SMILES string of the molecule is CC.CC(C)c1ncnc2c1cnn2C. The molecule has 0 bridgehead atoms. The summed E-state index contributed by atoms with van der Waals surface area (Å²) < 4.78 is 1.77. The Morgan fingerprint density at radius 1 is 1.20 bits per heavy atom. The molecule has 0 N–H and O–H groups in total. The van der Waals surface area contributed by atoms with Gasteiger partial charge in [-0.25, -0.2) is 9.97 Å². The molecular formula is C11H18N4. The van der Waals surface area contributed by atoms with E-state index >= 15 is 0 Å². The van der Waals surface area contributed by atoms with Crippen LogP contribution in [0.2, 0.25) is 0 Å². The molecule has 0 atom stereocenters. The maximum absolute atomic E-state index is 4.26. The van der Waals surface area contributed by atoms with Gasteiger partial charge in [-0.05, 0) is 5.92 Å². The summed E-state index contributed by atoms with van der Waals surface area (Å²) in [7, 11) is 1.89. The van der Waals surface area contributed by atoms with E-state index < -0.39 is 0 Å². The maximum Gasteiger partial charge on any atom is 0.161 e. The Labute approximate surface area is 90.4 Å². The summed E-state index contributed by atoms with van der Waals surface area (Å²) >= 11 is 0. The molecular weight excluding hydrogens is 188 g/mol. The molecule has 0 aliphatic carbocycles. The van der Waals surface area contributed by atoms with E-state index in [1.807, 2.05) is 27.1 Å². The summed E-state index contributed by atoms with van der Waals surface area (Å²) in [4.78, 5) is 8.43. The van der Waals surface area contributed by atoms with Gasteiger partial charge in [-0.3, -0.25) is 4.68 Å². The zero-order valence-corrected chi connectivity index (χ0v) is 10.0. The quantitative estimate of drug-likeness (QED) is 0.720. The van der Waals surface area contributed by atoms with Gasteiger partial charge in [-0.2, -0.15) is 5.10 Å². The molecule has 0 unspecified atom stereocenters. The van der Waals surface area contributed by atoms with Crippen molar-refractivity contribution < 1.29 is 0 Å². The number of hydrogen-bond acceptors (Lipinski definition) is 3. The zero-order valence-electron chi connectivity index (χ0n) is 10.0. The van der Waals surface area contributed by atoms with Crippen LogP contribution in [0.3, 0.4) is 0 Å². The standard InChI is InChI=1S/C9H12N4.C2H6/c1-6(2)8-7-4-12-13(3)9(7)11-5-10-8;1-2/h4-6H,1-3H3;1-2H3. The maximum atomic E-state index is 4.26. The third kappa shape index (κ3) is 2.14. The Bertz CT molecular complexity index is 431. The van der Waals surface area contributed by atoms with Crippen molar-refractivity contribution in [2.24, 2.45) is 7.05 Å². The molecule has 0 radical (unpaired) electrons. The number of fused-ring (bicyclic) bond motifs is 1. The average Bonchev–Trinajstić information content (AvgIpc) is 2.63. The largest absolute Gasteiger partial charge is 0.250 e. The highest BCUT2D eigenvalue weighted by Gasteiger charge is 2.09. The Morgan fingerprint density at radius 3 is 2.47 bits per heavy atom. The fourth-order valence-corrected chi connectivity index (χ4v) is 1.44. The summed E-state index contributed by atoms with van der Waals surface area (Å²) in [5, 5.41) is 5.21. The molecule has 0 fully saturated rings. The van der Waals surface area contributed by atoms with Crippen molar-refractivity contribution in [2.45, 2.75) is 33.6 Å². The Hall–Kier alpha value is -1.45. The lowest BCUT2D eigenvalue weighted by Gasteiger charge is -2.03. The monoisotopic (exact) mass is 206 g/mol. The van der Waals surface area contributed by atoms with Crippen LogP contribution in [0.25, 0.3) is 11.0 Å². The van der Waals surface area contributed by atoms with Gasteiger partial charge in [0.15, 0.2) is 5.65 Å². The van der Waals surface area contributed by atoms with Crippen molar-refractivity contribution in [2.75, 3.05) is 0 Å². The van der Waals surface area contributed by atoms with Crippen LogP contribution in [0.15, 0.2) is 12.5 Å². The highest BCUT2D eigenvalue weighted by atomic mass is 15.3. The number of rotatable bonds is 1. The molecule has 0 aliphatic rings. The lowest BCUT2D eigenvalue weighted by molar-refractivity contribution is 0.782. The number of nitrogens with zero attached hydrogens (tertiary/aromatic N) is 4. The minimum absolute atomic E-state index is 0.412. The van der Waals surface area contributed by atoms with Crippen molar-refractivity contribution in [3.63, 3.8) is 0 Å². The first-order chi connectivity index (χ1) is 7.20. The molecule has 4 nitrogen and oxygen atoms in total. The van der Waals surface area contributed by atoms with Gasteiger partial charge in [0, 0.05) is 7.05 Å². The molecule has 0 aliphatic heterocycles. The molecule has 4 heteroatoms. The first kappa shape index (κ1) is 11.6. The van der Waals surface area contributed by atoms with Gasteiger partial charge in [-0.1, -0.05) is 27.7 Å². The molecule has 0 aromatic carbocycles. The van der Waals surface area contributed by atoms with Crippen molar-refractivity contribution in [1.82, 2.24) is 19.7 Å². The normalized spacial score (nSPS) is 10.3. The third-order valence-electron chi connectivity index (χ3n) is 2.11. The first-order valence-corrected chi connectivity index (χ1v) is 5.32. The average molecular weight is 206 g/mol. The zero-order chi connectivity index (χ0) is 11.4. The second-order valence-corrected chi connectivity index (χ2v) is 3.42. The topological polar surface area (TPSA) is 43.6 Å². The highest BCUT2D eigenvalue weighted by molar-refractivity contribution is 5.77. The lowest BCUT2D eigenvalue weighted by atomic mass is 10.1. The molecule has 2 heterocycles. The predicted octanol–water partition coefficient (Wildman–Crippen LogP) is 2.51. The van der Waals surface area contributed by atoms with Crippen molar-refractivity contribution in [1.29, 1.82) is 0 Å². The van der Waals surface area contributed by atoms with E-state index in [1.54, 1.807) is 11.0 Å². The van der Waals surface area contributed by atoms with Gasteiger partial charge in [0.2, 0.25) is 0 Å². The molecule has 0 saturated heterocycles. The molecule has 2 rings (SSSR count). The summed E-state index contributed by atoms with van der Waals surface area (Å²) in [6.45, 7) is 8.24. The number of aromatic nitrogens is 4. The Kier molecular flexibility index (Phi) is 3.77. The van der Waals surface area contributed by atoms with Gasteiger partial charge in [0.25, 0.3) is 0 Å². The Balaban J connectivity index is 0.000000531. The summed E-state index contributed by atoms with van der Waals surface area (Å²) in [6, 6.07) is 0. The van der Waals surface area contributed by atoms with E-state index in [9.17, 15) is 0 Å². The summed E-state index contributed by atoms with van der Waals surface area (Å²) in [5.74, 6) is 0.412. The van der Waals surface area contributed by atoms with Crippen LogP contribution in [0.1, 0.15) is 39.3 Å². The van der Waals surface area contributed by atoms with Crippen molar-refractivity contribution >= 4 is 11.0 Å². The smallest absolute Gasteiger partial charge is 0.161 e. The fourth-order valence-electron chi connectivity index (χ4n) is 1.44. The summed E-state index contributed by atoms with van der Waals surface area (Å²) in [6.07, 6.45) is 3.42. The predicted molar refractivity (Wildman–Crippen MR) is 61.7 cm³/mol. The van der Waals surface area contributed by atoms with E-state index in [0.717, 1.165) is 16.7 Å². The van der Waals surface area contributed by atoms with Crippen LogP contribution in [0.4, 0.5) is 0 Å². The van der Waals surface area contributed by atoms with Crippen LogP contribution < -0.4 is 0 Å². The van der Waals surface area contributed by atoms with Crippen LogP contribution >= 0.6 is 0 Å². The van der Waals surface area contributed by atoms with E-state index in [0.29, 0.717) is 5.92 Å². The van der Waals surface area contributed by atoms with Crippen molar-refractivity contribution in [3.05, 3.63) is 18.2 Å². The first-order valence-electron chi connectivity index (χ1n) is 5.32. The van der Waals surface area contributed by atoms with Crippen LogP contribution in [0.5, 0.6) is 0 Å². The number of hydrogen-bond donors (Lipinski definition) is 0. The van der Waals surface area contributed by atoms with E-state index in [-0.39, 0.29) is 0 Å². The van der Waals surface area contributed by atoms with E-state index in [1.165, 1.54) is 0 Å². The molecule has 2 aromatic rings. The van der Waals surface area contributed by atoms with Gasteiger partial charge < -0.3 is 0 Å². The van der Waals surface area contributed by atoms with Gasteiger partial charge in [-0.15, -0.1) is 0 Å². The van der Waals surface area contributed by atoms with Gasteiger partial charge in [0.05, 0.1) is 17.3 Å². The van der Waals surface area contributed by atoms with E-state index in [2.05, 4.69) is 28.9 Å². The van der Waals surface area contributed by atoms with Crippen molar-refractivity contribution in [3.8, 4) is 0 Å². The highest BCUT2D eigenvalue weighted by Crippen LogP contribution is 2.20. The molecule has 0 amide bonds. The second-order valence-electron chi connectivity index (χ2n) is 3.42. The van der Waals surface area contributed by atoms with Gasteiger partial charge >= 0.3 is 0 Å². The minimum Gasteiger partial charge on any atom is -0.250 e.